The van der Waals surface area contributed by atoms with Crippen molar-refractivity contribution < 1.29 is 9.18 Å². The Labute approximate surface area is 104 Å². The van der Waals surface area contributed by atoms with Crippen molar-refractivity contribution in [1.29, 1.82) is 0 Å². The molecule has 0 spiro atoms. The van der Waals surface area contributed by atoms with E-state index in [0.29, 0.717) is 16.9 Å². The van der Waals surface area contributed by atoms with Gasteiger partial charge in [0.25, 0.3) is 5.91 Å². The number of pyridine rings is 1. The Morgan fingerprint density at radius 3 is 2.89 bits per heavy atom. The fraction of sp³-hybridized carbons (Fsp3) is 0.0769. The molecule has 1 aromatic heterocycles. The third-order valence-electron chi connectivity index (χ3n) is 2.53. The van der Waals surface area contributed by atoms with Crippen LogP contribution in [-0.4, -0.2) is 10.9 Å². The Morgan fingerprint density at radius 2 is 2.17 bits per heavy atom. The van der Waals surface area contributed by atoms with Gasteiger partial charge in [-0.15, -0.1) is 0 Å². The minimum atomic E-state index is -0.420. The topological polar surface area (TPSA) is 68.0 Å². The summed E-state index contributed by atoms with van der Waals surface area (Å²) in [7, 11) is 0. The van der Waals surface area contributed by atoms with Crippen molar-refractivity contribution in [1.82, 2.24) is 4.98 Å². The molecule has 1 heterocycles. The first kappa shape index (κ1) is 12.0. The molecule has 0 fully saturated rings. The number of rotatable bonds is 2. The zero-order valence-corrected chi connectivity index (χ0v) is 9.77. The molecule has 1 aromatic carbocycles. The Hall–Kier alpha value is -2.43. The van der Waals surface area contributed by atoms with E-state index in [0.717, 1.165) is 0 Å². The van der Waals surface area contributed by atoms with Crippen molar-refractivity contribution in [3.8, 4) is 0 Å². The molecule has 0 aliphatic heterocycles. The van der Waals surface area contributed by atoms with Crippen LogP contribution in [0.1, 0.15) is 16.1 Å². The molecule has 1 amide bonds. The fourth-order valence-corrected chi connectivity index (χ4v) is 1.50. The van der Waals surface area contributed by atoms with Gasteiger partial charge in [-0.1, -0.05) is 6.07 Å². The van der Waals surface area contributed by atoms with E-state index in [1.54, 1.807) is 19.1 Å². The molecule has 4 nitrogen and oxygen atoms in total. The molecular weight excluding hydrogens is 233 g/mol. The quantitative estimate of drug-likeness (QED) is 0.853. The Kier molecular flexibility index (Phi) is 3.23. The number of anilines is 2. The van der Waals surface area contributed by atoms with E-state index < -0.39 is 5.91 Å². The number of amides is 1. The minimum absolute atomic E-state index is 0.193. The molecule has 0 saturated carbocycles. The number of halogens is 1. The van der Waals surface area contributed by atoms with Gasteiger partial charge in [0, 0.05) is 23.1 Å². The van der Waals surface area contributed by atoms with Crippen LogP contribution in [-0.2, 0) is 0 Å². The molecule has 5 heteroatoms. The van der Waals surface area contributed by atoms with Crippen LogP contribution in [0.5, 0.6) is 0 Å². The summed E-state index contributed by atoms with van der Waals surface area (Å²) in [5, 5.41) is 2.60. The second kappa shape index (κ2) is 4.83. The average Bonchev–Trinajstić information content (AvgIpc) is 2.35. The molecule has 0 aliphatic carbocycles. The third kappa shape index (κ3) is 2.45. The maximum atomic E-state index is 13.3. The van der Waals surface area contributed by atoms with Gasteiger partial charge < -0.3 is 11.1 Å². The lowest BCUT2D eigenvalue weighted by Crippen LogP contribution is -2.15. The number of nitrogens with two attached hydrogens (primary N) is 1. The van der Waals surface area contributed by atoms with E-state index in [4.69, 9.17) is 5.73 Å². The Balaban J connectivity index is 2.24. The third-order valence-corrected chi connectivity index (χ3v) is 2.53. The monoisotopic (exact) mass is 245 g/mol. The number of hydrogen-bond donors (Lipinski definition) is 2. The summed E-state index contributed by atoms with van der Waals surface area (Å²) in [5.41, 5.74) is 7.01. The van der Waals surface area contributed by atoms with Crippen LogP contribution < -0.4 is 11.1 Å². The summed E-state index contributed by atoms with van der Waals surface area (Å²) in [4.78, 5) is 15.8. The van der Waals surface area contributed by atoms with Gasteiger partial charge in [0.05, 0.1) is 0 Å². The molecule has 2 rings (SSSR count). The molecule has 0 radical (unpaired) electrons. The van der Waals surface area contributed by atoms with Gasteiger partial charge in [0.1, 0.15) is 11.5 Å². The summed E-state index contributed by atoms with van der Waals surface area (Å²) in [5.74, 6) is -0.788. The normalized spacial score (nSPS) is 10.1. The van der Waals surface area contributed by atoms with E-state index >= 15 is 0 Å². The van der Waals surface area contributed by atoms with Crippen molar-refractivity contribution in [3.05, 3.63) is 53.6 Å². The van der Waals surface area contributed by atoms with Crippen molar-refractivity contribution in [2.45, 2.75) is 6.92 Å². The van der Waals surface area contributed by atoms with Crippen molar-refractivity contribution in [2.24, 2.45) is 0 Å². The highest BCUT2D eigenvalue weighted by Crippen LogP contribution is 2.18. The summed E-state index contributed by atoms with van der Waals surface area (Å²) < 4.78 is 13.3. The van der Waals surface area contributed by atoms with Crippen molar-refractivity contribution >= 4 is 17.3 Å². The number of nitrogens with one attached hydrogen (secondary N) is 1. The highest BCUT2D eigenvalue weighted by Gasteiger charge is 2.10. The van der Waals surface area contributed by atoms with Gasteiger partial charge in [-0.05, 0) is 31.2 Å². The van der Waals surface area contributed by atoms with Gasteiger partial charge in [0.2, 0.25) is 0 Å². The molecule has 0 saturated heterocycles. The molecule has 0 aliphatic rings. The van der Waals surface area contributed by atoms with E-state index in [2.05, 4.69) is 10.3 Å². The lowest BCUT2D eigenvalue weighted by atomic mass is 10.2. The number of aromatic nitrogens is 1. The predicted molar refractivity (Wildman–Crippen MR) is 67.7 cm³/mol. The first-order chi connectivity index (χ1) is 8.58. The molecule has 18 heavy (non-hydrogen) atoms. The summed E-state index contributed by atoms with van der Waals surface area (Å²) in [6.45, 7) is 1.59. The SMILES string of the molecule is Cc1c(F)cccc1NC(=O)c1cc(N)ccn1. The summed E-state index contributed by atoms with van der Waals surface area (Å²) in [6.07, 6.45) is 1.45. The molecule has 0 unspecified atom stereocenters. The van der Waals surface area contributed by atoms with Crippen molar-refractivity contribution in [3.63, 3.8) is 0 Å². The molecule has 0 bridgehead atoms. The molecular formula is C13H12FN3O. The molecule has 2 aromatic rings. The number of nitrogens with zero attached hydrogens (tertiary/aromatic N) is 1. The standard InChI is InChI=1S/C13H12FN3O/c1-8-10(14)3-2-4-11(8)17-13(18)12-7-9(15)5-6-16-12/h2-7H,1H3,(H2,15,16)(H,17,18). The molecule has 3 N–H and O–H groups in total. The highest BCUT2D eigenvalue weighted by molar-refractivity contribution is 6.03. The van der Waals surface area contributed by atoms with Crippen LogP contribution in [0.2, 0.25) is 0 Å². The Morgan fingerprint density at radius 1 is 1.39 bits per heavy atom. The summed E-state index contributed by atoms with van der Waals surface area (Å²) in [6, 6.07) is 7.55. The lowest BCUT2D eigenvalue weighted by molar-refractivity contribution is 0.102. The van der Waals surface area contributed by atoms with Gasteiger partial charge in [-0.3, -0.25) is 9.78 Å². The van der Waals surface area contributed by atoms with Crippen LogP contribution in [0.4, 0.5) is 15.8 Å². The van der Waals surface area contributed by atoms with Gasteiger partial charge in [-0.25, -0.2) is 4.39 Å². The first-order valence-corrected chi connectivity index (χ1v) is 5.36. The molecule has 92 valence electrons. The minimum Gasteiger partial charge on any atom is -0.399 e. The molecule has 0 atom stereocenters. The predicted octanol–water partition coefficient (Wildman–Crippen LogP) is 2.36. The van der Waals surface area contributed by atoms with E-state index in [9.17, 15) is 9.18 Å². The highest BCUT2D eigenvalue weighted by atomic mass is 19.1. The van der Waals surface area contributed by atoms with Crippen LogP contribution >= 0.6 is 0 Å². The number of carbonyl (C=O) groups excluding carboxylic acids is 1. The number of nitrogen functional groups attached to an aromatic ring is 1. The van der Waals surface area contributed by atoms with Crippen LogP contribution in [0.3, 0.4) is 0 Å². The number of benzene rings is 1. The van der Waals surface area contributed by atoms with Crippen LogP contribution in [0.15, 0.2) is 36.5 Å². The van der Waals surface area contributed by atoms with E-state index in [1.807, 2.05) is 0 Å². The second-order valence-corrected chi connectivity index (χ2v) is 3.84. The van der Waals surface area contributed by atoms with Gasteiger partial charge in [-0.2, -0.15) is 0 Å². The average molecular weight is 245 g/mol. The largest absolute Gasteiger partial charge is 0.399 e. The van der Waals surface area contributed by atoms with E-state index in [1.165, 1.54) is 24.4 Å². The summed E-state index contributed by atoms with van der Waals surface area (Å²) >= 11 is 0. The Bertz CT molecular complexity index is 599. The lowest BCUT2D eigenvalue weighted by Gasteiger charge is -2.08. The van der Waals surface area contributed by atoms with Crippen molar-refractivity contribution in [2.75, 3.05) is 11.1 Å². The maximum Gasteiger partial charge on any atom is 0.274 e. The zero-order chi connectivity index (χ0) is 13.1. The number of hydrogen-bond acceptors (Lipinski definition) is 3. The van der Waals surface area contributed by atoms with Gasteiger partial charge in [0.15, 0.2) is 0 Å². The number of carbonyl (C=O) groups is 1. The van der Waals surface area contributed by atoms with Gasteiger partial charge >= 0.3 is 0 Å². The fourth-order valence-electron chi connectivity index (χ4n) is 1.50. The maximum absolute atomic E-state index is 13.3. The zero-order valence-electron chi connectivity index (χ0n) is 9.77. The van der Waals surface area contributed by atoms with Crippen LogP contribution in [0, 0.1) is 12.7 Å². The smallest absolute Gasteiger partial charge is 0.274 e. The van der Waals surface area contributed by atoms with E-state index in [-0.39, 0.29) is 11.5 Å². The second-order valence-electron chi connectivity index (χ2n) is 3.84. The first-order valence-electron chi connectivity index (χ1n) is 5.36. The van der Waals surface area contributed by atoms with Crippen LogP contribution in [0.25, 0.3) is 0 Å².